The van der Waals surface area contributed by atoms with Crippen molar-refractivity contribution in [3.05, 3.63) is 28.8 Å². The Hall–Kier alpha value is -1.79. The number of phenols is 1. The number of piperidine rings is 1. The number of benzene rings is 1. The predicted octanol–water partition coefficient (Wildman–Crippen LogP) is 2.30. The summed E-state index contributed by atoms with van der Waals surface area (Å²) in [6.45, 7) is 1.06. The quantitative estimate of drug-likeness (QED) is 0.848. The Morgan fingerprint density at radius 3 is 2.67 bits per heavy atom. The van der Waals surface area contributed by atoms with Gasteiger partial charge in [-0.2, -0.15) is 0 Å². The van der Waals surface area contributed by atoms with E-state index in [0.717, 1.165) is 6.42 Å². The van der Waals surface area contributed by atoms with E-state index in [4.69, 9.17) is 16.7 Å². The second-order valence-corrected chi connectivity index (χ2v) is 6.86. The fourth-order valence-corrected chi connectivity index (χ4v) is 3.50. The summed E-state index contributed by atoms with van der Waals surface area (Å²) in [4.78, 5) is 27.4. The number of hydrogen-bond acceptors (Lipinski definition) is 4. The number of carbonyl (C=O) groups is 2. The minimum atomic E-state index is -0.827. The van der Waals surface area contributed by atoms with Gasteiger partial charge < -0.3 is 20.0 Å². The van der Waals surface area contributed by atoms with Gasteiger partial charge in [-0.05, 0) is 51.1 Å². The van der Waals surface area contributed by atoms with Crippen molar-refractivity contribution in [3.8, 4) is 5.75 Å². The molecule has 0 aliphatic carbocycles. The molecule has 0 bridgehead atoms. The zero-order valence-electron chi connectivity index (χ0n) is 13.9. The summed E-state index contributed by atoms with van der Waals surface area (Å²) in [5.74, 6) is -1.12. The van der Waals surface area contributed by atoms with Crippen molar-refractivity contribution in [2.45, 2.75) is 25.3 Å². The number of aromatic hydroxyl groups is 1. The summed E-state index contributed by atoms with van der Waals surface area (Å²) in [5.41, 5.74) is 0.222. The van der Waals surface area contributed by atoms with E-state index in [2.05, 4.69) is 4.90 Å². The Kier molecular flexibility index (Phi) is 6.07. The average molecular weight is 355 g/mol. The van der Waals surface area contributed by atoms with Crippen molar-refractivity contribution >= 4 is 23.5 Å². The molecule has 6 nitrogen and oxygen atoms in total. The van der Waals surface area contributed by atoms with Crippen LogP contribution in [0.4, 0.5) is 0 Å². The number of aliphatic carboxylic acids is 1. The van der Waals surface area contributed by atoms with Crippen molar-refractivity contribution < 1.29 is 19.8 Å². The molecule has 7 heteroatoms. The molecule has 1 heterocycles. The summed E-state index contributed by atoms with van der Waals surface area (Å²) >= 11 is 5.81. The Morgan fingerprint density at radius 1 is 1.38 bits per heavy atom. The molecule has 2 atom stereocenters. The Morgan fingerprint density at radius 2 is 2.08 bits per heavy atom. The molecule has 1 aromatic carbocycles. The van der Waals surface area contributed by atoms with Crippen molar-refractivity contribution in [2.75, 3.05) is 27.2 Å². The molecule has 0 spiro atoms. The van der Waals surface area contributed by atoms with Crippen molar-refractivity contribution in [3.63, 3.8) is 0 Å². The highest BCUT2D eigenvalue weighted by atomic mass is 35.5. The lowest BCUT2D eigenvalue weighted by Crippen LogP contribution is -2.50. The number of phenolic OH excluding ortho intramolecular Hbond substituents is 1. The number of carboxylic acids is 1. The molecular formula is C17H23ClN2O4. The number of halogens is 1. The van der Waals surface area contributed by atoms with Gasteiger partial charge in [-0.3, -0.25) is 9.59 Å². The number of hydrogen-bond donors (Lipinski definition) is 2. The lowest BCUT2D eigenvalue weighted by molar-refractivity contribution is -0.137. The van der Waals surface area contributed by atoms with E-state index in [0.29, 0.717) is 24.5 Å². The molecule has 2 N–H and O–H groups in total. The molecule has 132 valence electrons. The standard InChI is InChI=1S/C17H23ClN2O4/c1-19(2)14-7-8-20(10-11(14)3-6-16(22)23)17(24)13-5-4-12(18)9-15(13)21/h4-5,9,11,14,21H,3,6-8,10H2,1-2H3,(H,22,23)/t11-,14+/m0/s1. The van der Waals surface area contributed by atoms with E-state index in [1.165, 1.54) is 12.1 Å². The molecule has 1 fully saturated rings. The lowest BCUT2D eigenvalue weighted by Gasteiger charge is -2.41. The van der Waals surface area contributed by atoms with Gasteiger partial charge in [-0.15, -0.1) is 0 Å². The Bertz CT molecular complexity index is 621. The van der Waals surface area contributed by atoms with Gasteiger partial charge >= 0.3 is 5.97 Å². The molecule has 1 aliphatic heterocycles. The number of rotatable bonds is 5. The first-order valence-electron chi connectivity index (χ1n) is 7.95. The smallest absolute Gasteiger partial charge is 0.303 e. The summed E-state index contributed by atoms with van der Waals surface area (Å²) in [6.07, 6.45) is 1.38. The molecule has 1 aliphatic rings. The van der Waals surface area contributed by atoms with Crippen molar-refractivity contribution in [2.24, 2.45) is 5.92 Å². The number of amides is 1. The van der Waals surface area contributed by atoms with Crippen LogP contribution in [0.1, 0.15) is 29.6 Å². The fraction of sp³-hybridized carbons (Fsp3) is 0.529. The minimum absolute atomic E-state index is 0.0863. The minimum Gasteiger partial charge on any atom is -0.507 e. The van der Waals surface area contributed by atoms with Crippen LogP contribution in [0.2, 0.25) is 5.02 Å². The second-order valence-electron chi connectivity index (χ2n) is 6.42. The molecule has 2 rings (SSSR count). The number of nitrogens with zero attached hydrogens (tertiary/aromatic N) is 2. The van der Waals surface area contributed by atoms with Gasteiger partial charge in [0.1, 0.15) is 5.75 Å². The van der Waals surface area contributed by atoms with E-state index in [9.17, 15) is 14.7 Å². The monoisotopic (exact) mass is 354 g/mol. The largest absolute Gasteiger partial charge is 0.507 e. The third-order valence-corrected chi connectivity index (χ3v) is 4.80. The van der Waals surface area contributed by atoms with Crippen LogP contribution in [0.5, 0.6) is 5.75 Å². The van der Waals surface area contributed by atoms with Crippen molar-refractivity contribution in [1.82, 2.24) is 9.80 Å². The van der Waals surface area contributed by atoms with E-state index < -0.39 is 5.97 Å². The maximum absolute atomic E-state index is 12.7. The molecule has 0 aromatic heterocycles. The Balaban J connectivity index is 2.13. The van der Waals surface area contributed by atoms with Crippen LogP contribution in [0.3, 0.4) is 0 Å². The number of carboxylic acid groups (broad SMARTS) is 1. The van der Waals surface area contributed by atoms with Gasteiger partial charge in [-0.25, -0.2) is 0 Å². The zero-order valence-corrected chi connectivity index (χ0v) is 14.7. The third-order valence-electron chi connectivity index (χ3n) is 4.56. The van der Waals surface area contributed by atoms with Gasteiger partial charge in [-0.1, -0.05) is 11.6 Å². The maximum atomic E-state index is 12.7. The lowest BCUT2D eigenvalue weighted by atomic mass is 9.87. The second kappa shape index (κ2) is 7.85. The van der Waals surface area contributed by atoms with E-state index >= 15 is 0 Å². The molecule has 0 unspecified atom stereocenters. The highest BCUT2D eigenvalue weighted by Gasteiger charge is 2.33. The van der Waals surface area contributed by atoms with Crippen molar-refractivity contribution in [1.29, 1.82) is 0 Å². The first kappa shape index (κ1) is 18.5. The van der Waals surface area contributed by atoms with Crippen LogP contribution < -0.4 is 0 Å². The average Bonchev–Trinajstić information content (AvgIpc) is 2.51. The van der Waals surface area contributed by atoms with E-state index in [-0.39, 0.29) is 35.6 Å². The van der Waals surface area contributed by atoms with Crippen LogP contribution in [-0.2, 0) is 4.79 Å². The SMILES string of the molecule is CN(C)[C@@H]1CCN(C(=O)c2ccc(Cl)cc2O)C[C@@H]1CCC(=O)O. The number of likely N-dealkylation sites (tertiary alicyclic amines) is 1. The highest BCUT2D eigenvalue weighted by Crippen LogP contribution is 2.28. The highest BCUT2D eigenvalue weighted by molar-refractivity contribution is 6.30. The van der Waals surface area contributed by atoms with Crippen LogP contribution >= 0.6 is 11.6 Å². The van der Waals surface area contributed by atoms with E-state index in [1.54, 1.807) is 11.0 Å². The third kappa shape index (κ3) is 4.39. The van der Waals surface area contributed by atoms with Gasteiger partial charge in [0.15, 0.2) is 0 Å². The molecule has 1 saturated heterocycles. The summed E-state index contributed by atoms with van der Waals surface area (Å²) in [6, 6.07) is 4.68. The molecular weight excluding hydrogens is 332 g/mol. The number of carbonyl (C=O) groups excluding carboxylic acids is 1. The van der Waals surface area contributed by atoms with Gasteiger partial charge in [0, 0.05) is 30.6 Å². The summed E-state index contributed by atoms with van der Waals surface area (Å²) in [7, 11) is 3.95. The molecule has 24 heavy (non-hydrogen) atoms. The zero-order chi connectivity index (χ0) is 17.9. The van der Waals surface area contributed by atoms with Gasteiger partial charge in [0.2, 0.25) is 0 Å². The topological polar surface area (TPSA) is 81.1 Å². The molecule has 1 amide bonds. The van der Waals surface area contributed by atoms with Gasteiger partial charge in [0.25, 0.3) is 5.91 Å². The van der Waals surface area contributed by atoms with Crippen LogP contribution in [0.15, 0.2) is 18.2 Å². The van der Waals surface area contributed by atoms with Crippen LogP contribution in [0.25, 0.3) is 0 Å². The normalized spacial score (nSPS) is 21.1. The Labute approximate surface area is 146 Å². The first-order valence-corrected chi connectivity index (χ1v) is 8.33. The van der Waals surface area contributed by atoms with Crippen LogP contribution in [0, 0.1) is 5.92 Å². The first-order chi connectivity index (χ1) is 11.3. The molecule has 0 radical (unpaired) electrons. The fourth-order valence-electron chi connectivity index (χ4n) is 3.33. The van der Waals surface area contributed by atoms with Crippen LogP contribution in [-0.4, -0.2) is 65.1 Å². The maximum Gasteiger partial charge on any atom is 0.303 e. The van der Waals surface area contributed by atoms with E-state index in [1.807, 2.05) is 14.1 Å². The van der Waals surface area contributed by atoms with Gasteiger partial charge in [0.05, 0.1) is 5.56 Å². The summed E-state index contributed by atoms with van der Waals surface area (Å²) < 4.78 is 0. The molecule has 1 aromatic rings. The predicted molar refractivity (Wildman–Crippen MR) is 91.5 cm³/mol. The summed E-state index contributed by atoms with van der Waals surface area (Å²) in [5, 5.41) is 19.3. The molecule has 0 saturated carbocycles.